The number of para-hydroxylation sites is 1. The minimum atomic E-state index is -1.94. The summed E-state index contributed by atoms with van der Waals surface area (Å²) >= 11 is 0. The maximum Gasteiger partial charge on any atom is 0.340 e. The molecule has 1 unspecified atom stereocenters. The van der Waals surface area contributed by atoms with E-state index in [4.69, 9.17) is 9.57 Å². The predicted molar refractivity (Wildman–Crippen MR) is 116 cm³/mol. The largest absolute Gasteiger partial charge is 0.458 e. The topological polar surface area (TPSA) is 146 Å². The molecule has 1 atom stereocenters. The zero-order chi connectivity index (χ0) is 23.3. The van der Waals surface area contributed by atoms with Crippen LogP contribution in [0.2, 0.25) is 0 Å². The minimum Gasteiger partial charge on any atom is -0.458 e. The van der Waals surface area contributed by atoms with Gasteiger partial charge in [0.25, 0.3) is 5.56 Å². The highest BCUT2D eigenvalue weighted by Gasteiger charge is 2.43. The maximum atomic E-state index is 13.2. The van der Waals surface area contributed by atoms with Crippen molar-refractivity contribution in [2.75, 3.05) is 6.61 Å². The molecule has 0 bridgehead atoms. The number of cyclic esters (lactones) is 1. The van der Waals surface area contributed by atoms with E-state index < -0.39 is 34.9 Å². The number of fused-ring (bicyclic) bond motifs is 5. The van der Waals surface area contributed by atoms with Crippen molar-refractivity contribution in [2.24, 2.45) is 5.16 Å². The first-order valence-electron chi connectivity index (χ1n) is 9.91. The summed E-state index contributed by atoms with van der Waals surface area (Å²) < 4.78 is 6.07. The molecule has 0 spiro atoms. The number of pyridine rings is 2. The van der Waals surface area contributed by atoms with E-state index in [0.717, 1.165) is 0 Å². The fraction of sp³-hybridized carbons (Fsp3) is 0.182. The van der Waals surface area contributed by atoms with Crippen LogP contribution in [0.3, 0.4) is 0 Å². The number of hydrogen-bond donors (Lipinski definition) is 1. The van der Waals surface area contributed by atoms with E-state index in [-0.39, 0.29) is 35.7 Å². The van der Waals surface area contributed by atoms with Gasteiger partial charge >= 0.3 is 11.7 Å². The summed E-state index contributed by atoms with van der Waals surface area (Å²) in [4.78, 5) is 46.3. The number of aliphatic hydroxyl groups excluding tert-OH is 1. The number of nitro groups is 1. The number of carbonyl (C=O) groups is 1. The number of aromatic nitrogens is 2. The molecule has 0 amide bonds. The van der Waals surface area contributed by atoms with Crippen LogP contribution in [0.15, 0.2) is 46.9 Å². The Kier molecular flexibility index (Phi) is 4.75. The van der Waals surface area contributed by atoms with Gasteiger partial charge in [-0.2, -0.15) is 0 Å². The Hall–Kier alpha value is -4.38. The highest BCUT2D eigenvalue weighted by atomic mass is 16.6. The van der Waals surface area contributed by atoms with E-state index in [0.29, 0.717) is 22.0 Å². The molecule has 5 rings (SSSR count). The second-order valence-electron chi connectivity index (χ2n) is 7.44. The lowest BCUT2D eigenvalue weighted by molar-refractivity contribution is -0.385. The van der Waals surface area contributed by atoms with Crippen LogP contribution in [0, 0.1) is 10.1 Å². The van der Waals surface area contributed by atoms with Crippen molar-refractivity contribution >= 4 is 28.8 Å². The van der Waals surface area contributed by atoms with Crippen molar-refractivity contribution in [3.8, 4) is 11.4 Å². The molecule has 3 aromatic rings. The summed E-state index contributed by atoms with van der Waals surface area (Å²) in [5, 5.41) is 27.2. The first-order valence-corrected chi connectivity index (χ1v) is 9.91. The molecule has 1 aromatic carbocycles. The second-order valence-corrected chi connectivity index (χ2v) is 7.44. The van der Waals surface area contributed by atoms with E-state index >= 15 is 0 Å². The van der Waals surface area contributed by atoms with Gasteiger partial charge in [0.1, 0.15) is 24.6 Å². The molecule has 0 aliphatic carbocycles. The van der Waals surface area contributed by atoms with E-state index in [1.807, 2.05) is 12.1 Å². The molecule has 0 saturated heterocycles. The van der Waals surface area contributed by atoms with Crippen LogP contribution < -0.4 is 5.56 Å². The summed E-state index contributed by atoms with van der Waals surface area (Å²) in [5.41, 5.74) is 0.169. The van der Waals surface area contributed by atoms with Crippen molar-refractivity contribution in [3.05, 3.63) is 79.6 Å². The summed E-state index contributed by atoms with van der Waals surface area (Å²) in [7, 11) is 0. The molecule has 11 heteroatoms. The predicted octanol–water partition coefficient (Wildman–Crippen LogP) is 1.96. The van der Waals surface area contributed by atoms with Gasteiger partial charge in [0.2, 0.25) is 0 Å². The average molecular weight is 448 g/mol. The minimum absolute atomic E-state index is 0.0116. The molecule has 0 saturated carbocycles. The number of oxime groups is 1. The summed E-state index contributed by atoms with van der Waals surface area (Å²) in [6.07, 6.45) is 1.06. The van der Waals surface area contributed by atoms with Crippen molar-refractivity contribution in [3.63, 3.8) is 0 Å². The van der Waals surface area contributed by atoms with Gasteiger partial charge in [-0.25, -0.2) is 9.78 Å². The molecule has 1 N–H and O–H groups in total. The highest BCUT2D eigenvalue weighted by molar-refractivity contribution is 6.03. The molecule has 4 heterocycles. The molecule has 0 fully saturated rings. The van der Waals surface area contributed by atoms with E-state index in [1.165, 1.54) is 16.9 Å². The SMILES string of the molecule is C=CCO/N=C/c1c2c(nc3ccccc13)-c1c([N+](=O)[O-])c3c(c(=O)n1C2)COC(=O)C3O. The molecular formula is C22H16N4O7. The van der Waals surface area contributed by atoms with Crippen LogP contribution >= 0.6 is 0 Å². The van der Waals surface area contributed by atoms with Gasteiger partial charge in [0.05, 0.1) is 34.3 Å². The van der Waals surface area contributed by atoms with Crippen LogP contribution in [0.1, 0.15) is 28.4 Å². The zero-order valence-corrected chi connectivity index (χ0v) is 17.1. The van der Waals surface area contributed by atoms with Crippen LogP contribution in [0.5, 0.6) is 0 Å². The van der Waals surface area contributed by atoms with Crippen molar-refractivity contribution < 1.29 is 24.4 Å². The molecule has 33 heavy (non-hydrogen) atoms. The number of benzene rings is 1. The third-order valence-corrected chi connectivity index (χ3v) is 5.64. The van der Waals surface area contributed by atoms with Crippen LogP contribution in [-0.2, 0) is 27.5 Å². The third kappa shape index (κ3) is 3.01. The number of ether oxygens (including phenoxy) is 1. The van der Waals surface area contributed by atoms with E-state index in [9.17, 15) is 24.8 Å². The number of rotatable bonds is 5. The molecular weight excluding hydrogens is 432 g/mol. The average Bonchev–Trinajstić information content (AvgIpc) is 3.18. The smallest absolute Gasteiger partial charge is 0.340 e. The molecule has 2 aliphatic heterocycles. The maximum absolute atomic E-state index is 13.2. The van der Waals surface area contributed by atoms with Gasteiger partial charge in [-0.1, -0.05) is 36.0 Å². The van der Waals surface area contributed by atoms with E-state index in [1.54, 1.807) is 12.1 Å². The molecule has 166 valence electrons. The molecule has 2 aromatic heterocycles. The Bertz CT molecular complexity index is 1460. The van der Waals surface area contributed by atoms with Gasteiger partial charge < -0.3 is 14.7 Å². The van der Waals surface area contributed by atoms with Gasteiger partial charge in [0, 0.05) is 16.5 Å². The van der Waals surface area contributed by atoms with Crippen LogP contribution in [0.4, 0.5) is 5.69 Å². The number of nitrogens with zero attached hydrogens (tertiary/aromatic N) is 4. The van der Waals surface area contributed by atoms with Crippen molar-refractivity contribution in [2.45, 2.75) is 19.3 Å². The Morgan fingerprint density at radius 2 is 2.15 bits per heavy atom. The fourth-order valence-corrected chi connectivity index (χ4v) is 4.25. The van der Waals surface area contributed by atoms with Gasteiger partial charge in [-0.15, -0.1) is 0 Å². The number of hydrogen-bond acceptors (Lipinski definition) is 9. The third-order valence-electron chi connectivity index (χ3n) is 5.64. The lowest BCUT2D eigenvalue weighted by atomic mass is 9.96. The van der Waals surface area contributed by atoms with E-state index in [2.05, 4.69) is 16.7 Å². The Labute approximate surface area is 185 Å². The Morgan fingerprint density at radius 1 is 1.36 bits per heavy atom. The monoisotopic (exact) mass is 448 g/mol. The quantitative estimate of drug-likeness (QED) is 0.122. The van der Waals surface area contributed by atoms with Gasteiger partial charge in [-0.3, -0.25) is 19.5 Å². The van der Waals surface area contributed by atoms with Crippen LogP contribution in [-0.4, -0.2) is 38.4 Å². The summed E-state index contributed by atoms with van der Waals surface area (Å²) in [6, 6.07) is 7.13. The van der Waals surface area contributed by atoms with Crippen molar-refractivity contribution in [1.82, 2.24) is 9.55 Å². The van der Waals surface area contributed by atoms with Gasteiger partial charge in [0.15, 0.2) is 6.10 Å². The normalized spacial score (nSPS) is 16.3. The number of aliphatic hydroxyl groups is 1. The standard InChI is InChI=1S/C22H16N4O7/c1-2-7-33-23-8-12-11-5-3-4-6-15(11)24-17-13(12)9-25-19(17)18(26(30)31)16-14(21(25)28)10-32-22(29)20(16)27/h2-6,8,20,27H,1,7,9-10H2/b23-8+. The fourth-order valence-electron chi connectivity index (χ4n) is 4.25. The number of carbonyl (C=O) groups excluding carboxylic acids is 1. The molecule has 11 nitrogen and oxygen atoms in total. The zero-order valence-electron chi connectivity index (χ0n) is 17.1. The lowest BCUT2D eigenvalue weighted by Gasteiger charge is -2.21. The molecule has 2 aliphatic rings. The Balaban J connectivity index is 1.85. The molecule has 0 radical (unpaired) electrons. The highest BCUT2D eigenvalue weighted by Crippen LogP contribution is 2.44. The Morgan fingerprint density at radius 3 is 2.91 bits per heavy atom. The first kappa shape index (κ1) is 20.5. The van der Waals surface area contributed by atoms with Crippen molar-refractivity contribution in [1.29, 1.82) is 0 Å². The summed E-state index contributed by atoms with van der Waals surface area (Å²) in [6.45, 7) is 3.28. The van der Waals surface area contributed by atoms with Crippen LogP contribution in [0.25, 0.3) is 22.3 Å². The first-order chi connectivity index (χ1) is 15.9. The lowest BCUT2D eigenvalue weighted by Crippen LogP contribution is -2.33. The second kappa shape index (κ2) is 7.64. The summed E-state index contributed by atoms with van der Waals surface area (Å²) in [5.74, 6) is -1.05. The number of esters is 1. The van der Waals surface area contributed by atoms with Gasteiger partial charge in [-0.05, 0) is 6.07 Å².